The molecular formula is C47H59N5O8. The minimum Gasteiger partial charge on any atom is -0.492 e. The molecule has 6 atom stereocenters. The Labute approximate surface area is 352 Å². The molecule has 3 amide bonds. The third-order valence-electron chi connectivity index (χ3n) is 11.0. The van der Waals surface area contributed by atoms with Gasteiger partial charge in [0, 0.05) is 32.6 Å². The number of morpholine rings is 1. The third-order valence-corrected chi connectivity index (χ3v) is 11.0. The summed E-state index contributed by atoms with van der Waals surface area (Å²) < 4.78 is 16.9. The average molecular weight is 822 g/mol. The summed E-state index contributed by atoms with van der Waals surface area (Å²) >= 11 is 0. The number of hydrogen-bond donors (Lipinski definition) is 6. The minimum absolute atomic E-state index is 0.0216. The summed E-state index contributed by atoms with van der Waals surface area (Å²) in [7, 11) is 0. The minimum atomic E-state index is -1.48. The van der Waals surface area contributed by atoms with E-state index in [0.29, 0.717) is 18.8 Å². The molecule has 4 aromatic carbocycles. The van der Waals surface area contributed by atoms with Crippen molar-refractivity contribution in [3.8, 4) is 5.75 Å². The normalized spacial score (nSPS) is 18.6. The Morgan fingerprint density at radius 2 is 1.47 bits per heavy atom. The zero-order chi connectivity index (χ0) is 42.5. The summed E-state index contributed by atoms with van der Waals surface area (Å²) in [5.41, 5.74) is 3.42. The van der Waals surface area contributed by atoms with Gasteiger partial charge < -0.3 is 40.4 Å². The smallest absolute Gasteiger partial charge is 0.408 e. The lowest BCUT2D eigenvalue weighted by Gasteiger charge is -2.35. The number of rotatable bonds is 18. The van der Waals surface area contributed by atoms with Gasteiger partial charge in [0.05, 0.1) is 37.5 Å². The summed E-state index contributed by atoms with van der Waals surface area (Å²) in [6, 6.07) is 29.7. The summed E-state index contributed by atoms with van der Waals surface area (Å²) in [4.78, 5) is 44.1. The molecule has 0 radical (unpaired) electrons. The van der Waals surface area contributed by atoms with Crippen molar-refractivity contribution in [3.05, 3.63) is 137 Å². The van der Waals surface area contributed by atoms with Gasteiger partial charge in [-0.15, -0.1) is 0 Å². The number of aliphatic hydroxyl groups excluding tert-OH is 2. The van der Waals surface area contributed by atoms with E-state index >= 15 is 0 Å². The maximum absolute atomic E-state index is 14.4. The van der Waals surface area contributed by atoms with E-state index < -0.39 is 59.7 Å². The monoisotopic (exact) mass is 821 g/mol. The molecule has 6 rings (SSSR count). The summed E-state index contributed by atoms with van der Waals surface area (Å²) in [6.45, 7) is 10.2. The van der Waals surface area contributed by atoms with Crippen LogP contribution in [-0.4, -0.2) is 103 Å². The fourth-order valence-electron chi connectivity index (χ4n) is 7.59. The van der Waals surface area contributed by atoms with Crippen LogP contribution in [0.1, 0.15) is 54.6 Å². The number of alkyl carbamates (subject to hydrolysis) is 1. The first-order valence-corrected chi connectivity index (χ1v) is 20.8. The van der Waals surface area contributed by atoms with Crippen molar-refractivity contribution in [1.82, 2.24) is 26.2 Å². The lowest BCUT2D eigenvalue weighted by molar-refractivity contribution is -0.131. The lowest BCUT2D eigenvalue weighted by Crippen LogP contribution is -2.62. The number of amides is 3. The van der Waals surface area contributed by atoms with E-state index in [1.165, 1.54) is 0 Å². The molecule has 13 heteroatoms. The number of fused-ring (bicyclic) bond motifs is 1. The number of benzene rings is 4. The Hall–Kier alpha value is -5.31. The van der Waals surface area contributed by atoms with Gasteiger partial charge in [0.25, 0.3) is 0 Å². The molecule has 1 aliphatic heterocycles. The van der Waals surface area contributed by atoms with Crippen LogP contribution in [0.4, 0.5) is 4.79 Å². The van der Waals surface area contributed by atoms with Gasteiger partial charge in [-0.2, -0.15) is 0 Å². The van der Waals surface area contributed by atoms with Crippen molar-refractivity contribution >= 4 is 17.9 Å². The first-order chi connectivity index (χ1) is 28.9. The second-order valence-corrected chi connectivity index (χ2v) is 16.6. The Balaban J connectivity index is 1.20. The number of aliphatic hydroxyl groups is 2. The highest BCUT2D eigenvalue weighted by Gasteiger charge is 2.40. The van der Waals surface area contributed by atoms with Crippen LogP contribution < -0.4 is 26.0 Å². The Bertz CT molecular complexity index is 1970. The van der Waals surface area contributed by atoms with E-state index in [4.69, 9.17) is 14.2 Å². The summed E-state index contributed by atoms with van der Waals surface area (Å²) in [6.07, 6.45) is -2.56. The van der Waals surface area contributed by atoms with Crippen LogP contribution >= 0.6 is 0 Å². The molecule has 13 nitrogen and oxygen atoms in total. The van der Waals surface area contributed by atoms with Crippen LogP contribution in [0.15, 0.2) is 109 Å². The van der Waals surface area contributed by atoms with Crippen LogP contribution in [0.25, 0.3) is 0 Å². The molecule has 0 bridgehead atoms. The fourth-order valence-corrected chi connectivity index (χ4v) is 7.59. The predicted molar refractivity (Wildman–Crippen MR) is 228 cm³/mol. The first-order valence-electron chi connectivity index (χ1n) is 20.8. The van der Waals surface area contributed by atoms with Crippen LogP contribution in [0.2, 0.25) is 0 Å². The zero-order valence-corrected chi connectivity index (χ0v) is 34.7. The van der Waals surface area contributed by atoms with E-state index in [0.717, 1.165) is 60.7 Å². The highest BCUT2D eigenvalue weighted by Crippen LogP contribution is 2.31. The summed E-state index contributed by atoms with van der Waals surface area (Å²) in [5.74, 6) is -0.386. The van der Waals surface area contributed by atoms with Crippen LogP contribution in [0.5, 0.6) is 5.75 Å². The lowest BCUT2D eigenvalue weighted by atomic mass is 9.85. The third kappa shape index (κ3) is 12.6. The molecule has 1 aliphatic carbocycles. The van der Waals surface area contributed by atoms with Gasteiger partial charge in [-0.25, -0.2) is 4.79 Å². The average Bonchev–Trinajstić information content (AvgIpc) is 3.56. The molecule has 2 aliphatic rings. The quantitative estimate of drug-likeness (QED) is 0.0861. The highest BCUT2D eigenvalue weighted by molar-refractivity contribution is 5.87. The Morgan fingerprint density at radius 3 is 2.15 bits per heavy atom. The number of ether oxygens (including phenoxy) is 3. The van der Waals surface area contributed by atoms with Crippen molar-refractivity contribution in [2.24, 2.45) is 5.41 Å². The zero-order valence-electron chi connectivity index (χ0n) is 34.7. The molecule has 0 saturated carbocycles. The van der Waals surface area contributed by atoms with Gasteiger partial charge in [0.2, 0.25) is 11.8 Å². The molecule has 320 valence electrons. The molecule has 6 N–H and O–H groups in total. The van der Waals surface area contributed by atoms with E-state index in [-0.39, 0.29) is 19.6 Å². The second-order valence-electron chi connectivity index (χ2n) is 16.6. The first kappa shape index (κ1) is 44.2. The highest BCUT2D eigenvalue weighted by atomic mass is 16.5. The van der Waals surface area contributed by atoms with E-state index in [1.807, 2.05) is 130 Å². The van der Waals surface area contributed by atoms with Gasteiger partial charge in [0.15, 0.2) is 0 Å². The largest absolute Gasteiger partial charge is 0.492 e. The van der Waals surface area contributed by atoms with Gasteiger partial charge in [0.1, 0.15) is 31.0 Å². The van der Waals surface area contributed by atoms with E-state index in [1.54, 1.807) is 0 Å². The molecule has 1 heterocycles. The SMILES string of the molecule is CC(C)(C)[C@H](NC(=O)OCc1ccccc1)C(=O)N[C@@H](Cc1ccccc1)[C@@H](O)[C@@H](NCc1ccc(OCCN2CCOCC2)cc1)C(=O)NC1c2ccccc2CC1O. The van der Waals surface area contributed by atoms with Crippen LogP contribution in [0, 0.1) is 5.41 Å². The topological polar surface area (TPSA) is 171 Å². The number of nitrogens with one attached hydrogen (secondary N) is 4. The molecule has 2 unspecified atom stereocenters. The molecule has 0 spiro atoms. The van der Waals surface area contributed by atoms with Crippen LogP contribution in [0.3, 0.4) is 0 Å². The van der Waals surface area contributed by atoms with Crippen molar-refractivity contribution in [1.29, 1.82) is 0 Å². The summed E-state index contributed by atoms with van der Waals surface area (Å²) in [5, 5.41) is 35.4. The molecule has 1 saturated heterocycles. The Kier molecular flexibility index (Phi) is 15.7. The second kappa shape index (κ2) is 21.3. The molecule has 0 aromatic heterocycles. The number of carbonyl (C=O) groups is 3. The van der Waals surface area contributed by atoms with Crippen molar-refractivity contribution in [2.75, 3.05) is 39.5 Å². The van der Waals surface area contributed by atoms with E-state index in [2.05, 4.69) is 26.2 Å². The molecular weight excluding hydrogens is 763 g/mol. The molecule has 1 fully saturated rings. The Morgan fingerprint density at radius 1 is 0.817 bits per heavy atom. The predicted octanol–water partition coefficient (Wildman–Crippen LogP) is 4.06. The molecule has 60 heavy (non-hydrogen) atoms. The van der Waals surface area contributed by atoms with Gasteiger partial charge in [-0.1, -0.05) is 118 Å². The van der Waals surface area contributed by atoms with Crippen molar-refractivity contribution in [3.63, 3.8) is 0 Å². The maximum atomic E-state index is 14.4. The van der Waals surface area contributed by atoms with Gasteiger partial charge >= 0.3 is 6.09 Å². The fraction of sp³-hybridized carbons (Fsp3) is 0.426. The number of hydrogen-bond acceptors (Lipinski definition) is 10. The van der Waals surface area contributed by atoms with Gasteiger partial charge in [-0.3, -0.25) is 19.8 Å². The standard InChI is InChI=1S/C47H59N5O8/c1-47(2,3)43(51-46(57)60-31-34-14-8-5-9-15-34)45(56)49-38(28-32-12-6-4-7-13-32)42(54)41(44(55)50-40-37-17-11-10-16-35(37)29-39(40)53)48-30-33-18-20-36(21-19-33)59-27-24-52-22-25-58-26-23-52/h4-21,38-43,48,53-54H,22-31H2,1-3H3,(H,49,56)(H,50,55)(H,51,57)/t38-,39?,40?,41+,42+,43+/m0/s1. The number of carbonyl (C=O) groups excluding carboxylic acids is 3. The van der Waals surface area contributed by atoms with Gasteiger partial charge in [-0.05, 0) is 51.8 Å². The van der Waals surface area contributed by atoms with E-state index in [9.17, 15) is 24.6 Å². The van der Waals surface area contributed by atoms with Crippen molar-refractivity contribution < 1.29 is 38.8 Å². The van der Waals surface area contributed by atoms with Crippen LogP contribution in [-0.2, 0) is 45.1 Å². The molecule has 4 aromatic rings. The van der Waals surface area contributed by atoms with Crippen molar-refractivity contribution in [2.45, 2.75) is 83.1 Å². The number of nitrogens with zero attached hydrogens (tertiary/aromatic N) is 1. The maximum Gasteiger partial charge on any atom is 0.408 e.